The number of hydrogen-bond acceptors (Lipinski definition) is 6. The molecule has 3 aromatic heterocycles. The van der Waals surface area contributed by atoms with Crippen molar-refractivity contribution in [2.75, 3.05) is 10.0 Å². The highest BCUT2D eigenvalue weighted by atomic mass is 32.2. The first-order valence-corrected chi connectivity index (χ1v) is 12.4. The Kier molecular flexibility index (Phi) is 6.49. The fourth-order valence-corrected chi connectivity index (χ4v) is 5.18. The van der Waals surface area contributed by atoms with Crippen LogP contribution in [-0.2, 0) is 10.0 Å². The molecule has 0 unspecified atom stereocenters. The summed E-state index contributed by atoms with van der Waals surface area (Å²) < 4.78 is 29.0. The third kappa shape index (κ3) is 5.42. The van der Waals surface area contributed by atoms with Crippen molar-refractivity contribution in [3.63, 3.8) is 0 Å². The largest absolute Gasteiger partial charge is 0.286 e. The number of aromatic amines is 1. The highest BCUT2D eigenvalue weighted by Gasteiger charge is 2.18. The smallest absolute Gasteiger partial charge is 0.284 e. The fourth-order valence-electron chi connectivity index (χ4n) is 2.93. The third-order valence-corrected chi connectivity index (χ3v) is 7.37. The number of carbonyl (C=O) groups excluding carboxylic acids is 1. The van der Waals surface area contributed by atoms with Crippen LogP contribution in [-0.4, -0.2) is 29.5 Å². The molecule has 9 nitrogen and oxygen atoms in total. The Morgan fingerprint density at radius 1 is 1.12 bits per heavy atom. The number of H-pyrrole nitrogens is 1. The van der Waals surface area contributed by atoms with Crippen LogP contribution in [0.3, 0.4) is 0 Å². The van der Waals surface area contributed by atoms with Gasteiger partial charge in [-0.25, -0.2) is 18.8 Å². The number of nitrogens with one attached hydrogen (secondary N) is 4. The maximum absolute atomic E-state index is 12.6. The number of thiocarbonyl (C=S) groups is 1. The lowest BCUT2D eigenvalue weighted by molar-refractivity contribution is -0.645. The predicted octanol–water partition coefficient (Wildman–Crippen LogP) is 2.98. The van der Waals surface area contributed by atoms with E-state index in [9.17, 15) is 13.2 Å². The maximum atomic E-state index is 12.6. The molecule has 0 saturated heterocycles. The molecule has 1 amide bonds. The number of thiophene rings is 1. The van der Waals surface area contributed by atoms with E-state index in [0.29, 0.717) is 22.9 Å². The zero-order valence-corrected chi connectivity index (χ0v) is 19.7. The van der Waals surface area contributed by atoms with E-state index in [1.54, 1.807) is 22.3 Å². The van der Waals surface area contributed by atoms with E-state index >= 15 is 0 Å². The first-order valence-electron chi connectivity index (χ1n) is 9.64. The molecule has 0 spiro atoms. The van der Waals surface area contributed by atoms with E-state index in [-0.39, 0.29) is 9.32 Å². The highest BCUT2D eigenvalue weighted by Crippen LogP contribution is 2.20. The molecule has 4 N–H and O–H groups in total. The first-order chi connectivity index (χ1) is 15.8. The van der Waals surface area contributed by atoms with Crippen molar-refractivity contribution in [1.29, 1.82) is 0 Å². The number of amides is 1. The second-order valence-electron chi connectivity index (χ2n) is 6.87. The Bertz CT molecular complexity index is 1380. The minimum Gasteiger partial charge on any atom is -0.286 e. The summed E-state index contributed by atoms with van der Waals surface area (Å²) in [4.78, 5) is 16.9. The van der Waals surface area contributed by atoms with Gasteiger partial charge in [-0.05, 0) is 60.9 Å². The van der Waals surface area contributed by atoms with Gasteiger partial charge in [-0.3, -0.25) is 14.8 Å². The van der Waals surface area contributed by atoms with Gasteiger partial charge in [-0.1, -0.05) is 12.1 Å². The second-order valence-corrected chi connectivity index (χ2v) is 10.1. The molecule has 3 heterocycles. The van der Waals surface area contributed by atoms with Gasteiger partial charge in [0.05, 0.1) is 0 Å². The lowest BCUT2D eigenvalue weighted by Gasteiger charge is -2.08. The molecule has 33 heavy (non-hydrogen) atoms. The van der Waals surface area contributed by atoms with Crippen LogP contribution in [0.4, 0.5) is 11.5 Å². The van der Waals surface area contributed by atoms with Crippen LogP contribution < -0.4 is 20.0 Å². The number of benzene rings is 1. The molecule has 0 atom stereocenters. The van der Waals surface area contributed by atoms with Crippen molar-refractivity contribution >= 4 is 56.1 Å². The van der Waals surface area contributed by atoms with E-state index in [2.05, 4.69) is 25.4 Å². The van der Waals surface area contributed by atoms with Crippen molar-refractivity contribution in [2.24, 2.45) is 0 Å². The Morgan fingerprint density at radius 3 is 2.58 bits per heavy atom. The first kappa shape index (κ1) is 22.6. The average Bonchev–Trinajstić information content (AvgIpc) is 3.45. The predicted molar refractivity (Wildman–Crippen MR) is 130 cm³/mol. The fraction of sp³-hybridized carbons (Fsp3) is 0.0476. The number of aryl methyl sites for hydroxylation is 1. The standard InChI is InChI=1S/C21H18N6O3S3/c1-14-13-18(27(25-14)17-5-2-3-11-22-17)23-21(31)24-20(28)15-7-9-16(10-8-15)26-33(29,30)19-6-4-12-32-19/h2-13H,1H3,(H3,23,24,25,26,28,31)/p+1. The van der Waals surface area contributed by atoms with Crippen LogP contribution in [0.5, 0.6) is 0 Å². The van der Waals surface area contributed by atoms with Crippen molar-refractivity contribution in [1.82, 2.24) is 15.4 Å². The summed E-state index contributed by atoms with van der Waals surface area (Å²) in [6.45, 7) is 1.89. The van der Waals surface area contributed by atoms with E-state index in [1.165, 1.54) is 30.3 Å². The van der Waals surface area contributed by atoms with Gasteiger partial charge in [0.2, 0.25) is 5.11 Å². The molecule has 0 radical (unpaired) electrons. The van der Waals surface area contributed by atoms with Crippen molar-refractivity contribution < 1.29 is 17.9 Å². The van der Waals surface area contributed by atoms with Crippen LogP contribution >= 0.6 is 23.6 Å². The molecular weight excluding hydrogens is 480 g/mol. The lowest BCUT2D eigenvalue weighted by atomic mass is 10.2. The van der Waals surface area contributed by atoms with Gasteiger partial charge < -0.3 is 0 Å². The minimum absolute atomic E-state index is 0.103. The molecule has 0 aliphatic rings. The normalized spacial score (nSPS) is 11.1. The Labute approximate surface area is 199 Å². The topological polar surface area (TPSA) is 120 Å². The van der Waals surface area contributed by atoms with Gasteiger partial charge in [0.1, 0.15) is 10.4 Å². The SMILES string of the molecule is Cc1cc(NC(=S)NC(=O)c2ccc(NS(=O)(=O)c3cccs3)cc2)[n+](-c2ccccn2)[nH]1. The molecule has 4 aromatic rings. The van der Waals surface area contributed by atoms with Crippen LogP contribution in [0.25, 0.3) is 5.82 Å². The molecule has 0 fully saturated rings. The quantitative estimate of drug-likeness (QED) is 0.239. The number of hydrogen-bond donors (Lipinski definition) is 4. The monoisotopic (exact) mass is 499 g/mol. The van der Waals surface area contributed by atoms with E-state index < -0.39 is 15.9 Å². The van der Waals surface area contributed by atoms with E-state index in [4.69, 9.17) is 12.2 Å². The summed E-state index contributed by atoms with van der Waals surface area (Å²) in [6.07, 6.45) is 1.67. The van der Waals surface area contributed by atoms with Crippen molar-refractivity contribution in [3.05, 3.63) is 83.5 Å². The number of carbonyl (C=O) groups is 1. The van der Waals surface area contributed by atoms with Crippen molar-refractivity contribution in [2.45, 2.75) is 11.1 Å². The zero-order valence-electron chi connectivity index (χ0n) is 17.3. The molecule has 4 rings (SSSR count). The molecule has 12 heteroatoms. The third-order valence-electron chi connectivity index (χ3n) is 4.39. The molecule has 1 aromatic carbocycles. The second kappa shape index (κ2) is 9.48. The highest BCUT2D eigenvalue weighted by molar-refractivity contribution is 7.94. The van der Waals surface area contributed by atoms with Gasteiger partial charge in [-0.15, -0.1) is 21.0 Å². The summed E-state index contributed by atoms with van der Waals surface area (Å²) in [7, 11) is -3.65. The van der Waals surface area contributed by atoms with Gasteiger partial charge in [-0.2, -0.15) is 0 Å². The number of pyridine rings is 1. The minimum atomic E-state index is -3.65. The van der Waals surface area contributed by atoms with Crippen LogP contribution in [0.2, 0.25) is 0 Å². The number of nitrogens with zero attached hydrogens (tertiary/aromatic N) is 2. The summed E-state index contributed by atoms with van der Waals surface area (Å²) in [5, 5.41) is 10.5. The van der Waals surface area contributed by atoms with E-state index in [0.717, 1.165) is 17.0 Å². The van der Waals surface area contributed by atoms with Crippen LogP contribution in [0.1, 0.15) is 16.1 Å². The Morgan fingerprint density at radius 2 is 1.91 bits per heavy atom. The molecule has 0 aliphatic heterocycles. The van der Waals surface area contributed by atoms with Crippen LogP contribution in [0, 0.1) is 6.92 Å². The maximum Gasteiger partial charge on any atom is 0.284 e. The number of aromatic nitrogens is 3. The Balaban J connectivity index is 1.40. The molecule has 168 valence electrons. The van der Waals surface area contributed by atoms with Crippen molar-refractivity contribution in [3.8, 4) is 5.82 Å². The molecule has 0 aliphatic carbocycles. The zero-order chi connectivity index (χ0) is 23.4. The summed E-state index contributed by atoms with van der Waals surface area (Å²) >= 11 is 6.41. The van der Waals surface area contributed by atoms with E-state index in [1.807, 2.05) is 31.2 Å². The number of sulfonamides is 1. The molecule has 0 saturated carbocycles. The number of rotatable bonds is 6. The van der Waals surface area contributed by atoms with Gasteiger partial charge >= 0.3 is 0 Å². The number of anilines is 2. The average molecular weight is 500 g/mol. The van der Waals surface area contributed by atoms with Gasteiger partial charge in [0.15, 0.2) is 0 Å². The summed E-state index contributed by atoms with van der Waals surface area (Å²) in [5.41, 5.74) is 1.54. The summed E-state index contributed by atoms with van der Waals surface area (Å²) in [6, 6.07) is 16.6. The molecule has 0 bridgehead atoms. The van der Waals surface area contributed by atoms with Gasteiger partial charge in [0.25, 0.3) is 27.6 Å². The van der Waals surface area contributed by atoms with Gasteiger partial charge in [0, 0.05) is 29.1 Å². The van der Waals surface area contributed by atoms with Crippen LogP contribution in [0.15, 0.2) is 76.4 Å². The lowest BCUT2D eigenvalue weighted by Crippen LogP contribution is -2.41. The summed E-state index contributed by atoms with van der Waals surface area (Å²) in [5.74, 6) is 0.828. The molecular formula is C21H19N6O3S3+. The Hall–Kier alpha value is -3.61.